The summed E-state index contributed by atoms with van der Waals surface area (Å²) < 4.78 is 38.9. The van der Waals surface area contributed by atoms with Crippen molar-refractivity contribution >= 4 is 39.8 Å². The minimum absolute atomic E-state index is 0.108. The molecule has 0 saturated carbocycles. The Hall–Kier alpha value is -4.38. The van der Waals surface area contributed by atoms with E-state index in [0.29, 0.717) is 28.0 Å². The molecule has 2 amide bonds. The fourth-order valence-electron chi connectivity index (χ4n) is 3.55. The molecule has 0 unspecified atom stereocenters. The molecule has 0 aliphatic rings. The molecule has 4 aromatic rings. The zero-order valence-corrected chi connectivity index (χ0v) is 19.0. The molecule has 186 valence electrons. The van der Waals surface area contributed by atoms with Crippen molar-refractivity contribution in [2.45, 2.75) is 13.1 Å². The summed E-state index contributed by atoms with van der Waals surface area (Å²) in [6.45, 7) is 1.80. The van der Waals surface area contributed by atoms with Crippen LogP contribution in [0.25, 0.3) is 10.9 Å². The maximum absolute atomic E-state index is 13.0. The molecule has 0 radical (unpaired) electrons. The molecule has 8 nitrogen and oxygen atoms in total. The quantitative estimate of drug-likeness (QED) is 0.256. The number of fused-ring (bicyclic) bond motifs is 1. The SMILES string of the molecule is Cc1ccc(NC(=O)c2cccc(C(F)(F)F)c2)cc1Nc1ccc2c(C(=O)NCCO)n[nH]c2c1. The number of rotatable bonds is 7. The summed E-state index contributed by atoms with van der Waals surface area (Å²) in [6.07, 6.45) is -4.54. The van der Waals surface area contributed by atoms with Crippen LogP contribution in [0.5, 0.6) is 0 Å². The third kappa shape index (κ3) is 5.47. The van der Waals surface area contributed by atoms with Crippen molar-refractivity contribution in [2.75, 3.05) is 23.8 Å². The van der Waals surface area contributed by atoms with Crippen molar-refractivity contribution in [1.29, 1.82) is 0 Å². The number of halogens is 3. The number of alkyl halides is 3. The zero-order chi connectivity index (χ0) is 25.9. The largest absolute Gasteiger partial charge is 0.416 e. The highest BCUT2D eigenvalue weighted by molar-refractivity contribution is 6.06. The number of amides is 2. The number of carbonyl (C=O) groups excluding carboxylic acids is 2. The number of nitrogens with one attached hydrogen (secondary N) is 4. The van der Waals surface area contributed by atoms with Crippen LogP contribution >= 0.6 is 0 Å². The number of aromatic nitrogens is 2. The molecular weight excluding hydrogens is 475 g/mol. The number of carbonyl (C=O) groups is 2. The van der Waals surface area contributed by atoms with Gasteiger partial charge in [-0.15, -0.1) is 0 Å². The molecule has 0 atom stereocenters. The van der Waals surface area contributed by atoms with E-state index in [2.05, 4.69) is 26.1 Å². The Morgan fingerprint density at radius 3 is 2.53 bits per heavy atom. The summed E-state index contributed by atoms with van der Waals surface area (Å²) in [5, 5.41) is 24.8. The topological polar surface area (TPSA) is 119 Å². The summed E-state index contributed by atoms with van der Waals surface area (Å²) in [5.74, 6) is -1.07. The monoisotopic (exact) mass is 497 g/mol. The zero-order valence-electron chi connectivity index (χ0n) is 19.0. The number of H-pyrrole nitrogens is 1. The van der Waals surface area contributed by atoms with Gasteiger partial charge in [-0.3, -0.25) is 14.7 Å². The van der Waals surface area contributed by atoms with Crippen LogP contribution in [0.1, 0.15) is 32.0 Å². The van der Waals surface area contributed by atoms with Crippen LogP contribution in [-0.2, 0) is 6.18 Å². The van der Waals surface area contributed by atoms with E-state index in [1.54, 1.807) is 36.4 Å². The number of aliphatic hydroxyl groups is 1. The predicted molar refractivity (Wildman–Crippen MR) is 129 cm³/mol. The molecule has 3 aromatic carbocycles. The first-order chi connectivity index (χ1) is 17.2. The van der Waals surface area contributed by atoms with Gasteiger partial charge in [-0.2, -0.15) is 18.3 Å². The first kappa shape index (κ1) is 24.7. The molecule has 0 aliphatic heterocycles. The smallest absolute Gasteiger partial charge is 0.395 e. The van der Waals surface area contributed by atoms with Crippen molar-refractivity contribution in [3.05, 3.63) is 83.0 Å². The summed E-state index contributed by atoms with van der Waals surface area (Å²) >= 11 is 0. The van der Waals surface area contributed by atoms with E-state index in [4.69, 9.17) is 5.11 Å². The van der Waals surface area contributed by atoms with Crippen LogP contribution in [0, 0.1) is 6.92 Å². The van der Waals surface area contributed by atoms with E-state index >= 15 is 0 Å². The van der Waals surface area contributed by atoms with Gasteiger partial charge in [0, 0.05) is 34.6 Å². The normalized spacial score (nSPS) is 11.4. The van der Waals surface area contributed by atoms with Crippen LogP contribution in [0.2, 0.25) is 0 Å². The Bertz CT molecular complexity index is 1430. The fraction of sp³-hybridized carbons (Fsp3) is 0.160. The van der Waals surface area contributed by atoms with Gasteiger partial charge < -0.3 is 21.1 Å². The molecule has 11 heteroatoms. The van der Waals surface area contributed by atoms with E-state index in [-0.39, 0.29) is 24.4 Å². The number of aromatic amines is 1. The molecule has 0 bridgehead atoms. The van der Waals surface area contributed by atoms with Gasteiger partial charge in [-0.1, -0.05) is 12.1 Å². The van der Waals surface area contributed by atoms with Gasteiger partial charge >= 0.3 is 6.18 Å². The van der Waals surface area contributed by atoms with Gasteiger partial charge in [0.05, 0.1) is 17.7 Å². The van der Waals surface area contributed by atoms with Crippen molar-refractivity contribution in [1.82, 2.24) is 15.5 Å². The second kappa shape index (κ2) is 10.1. The maximum Gasteiger partial charge on any atom is 0.416 e. The lowest BCUT2D eigenvalue weighted by atomic mass is 10.1. The Kier molecular flexibility index (Phi) is 6.93. The number of aryl methyl sites for hydroxylation is 1. The van der Waals surface area contributed by atoms with Crippen LogP contribution in [0.4, 0.5) is 30.2 Å². The second-order valence-electron chi connectivity index (χ2n) is 8.00. The Morgan fingerprint density at radius 1 is 1.00 bits per heavy atom. The highest BCUT2D eigenvalue weighted by Gasteiger charge is 2.30. The van der Waals surface area contributed by atoms with Crippen LogP contribution < -0.4 is 16.0 Å². The summed E-state index contributed by atoms with van der Waals surface area (Å²) in [4.78, 5) is 24.7. The first-order valence-corrected chi connectivity index (χ1v) is 10.9. The van der Waals surface area contributed by atoms with Crippen LogP contribution in [-0.4, -0.2) is 40.3 Å². The number of aliphatic hydroxyl groups excluding tert-OH is 1. The second-order valence-corrected chi connectivity index (χ2v) is 8.00. The van der Waals surface area contributed by atoms with Crippen molar-refractivity contribution in [2.24, 2.45) is 0 Å². The average Bonchev–Trinajstić information content (AvgIpc) is 3.27. The number of hydrogen-bond acceptors (Lipinski definition) is 5. The molecule has 1 heterocycles. The van der Waals surface area contributed by atoms with Gasteiger partial charge in [0.25, 0.3) is 11.8 Å². The molecular formula is C25H22F3N5O3. The van der Waals surface area contributed by atoms with E-state index in [0.717, 1.165) is 17.7 Å². The highest BCUT2D eigenvalue weighted by Crippen LogP contribution is 2.30. The lowest BCUT2D eigenvalue weighted by molar-refractivity contribution is -0.137. The molecule has 0 aliphatic carbocycles. The lowest BCUT2D eigenvalue weighted by Gasteiger charge is -2.13. The summed E-state index contributed by atoms with van der Waals surface area (Å²) in [5.41, 5.74) is 2.42. The molecule has 0 saturated heterocycles. The van der Waals surface area contributed by atoms with Crippen molar-refractivity contribution in [3.63, 3.8) is 0 Å². The van der Waals surface area contributed by atoms with E-state index in [9.17, 15) is 22.8 Å². The van der Waals surface area contributed by atoms with Crippen molar-refractivity contribution in [3.8, 4) is 0 Å². The third-order valence-corrected chi connectivity index (χ3v) is 5.40. The Balaban J connectivity index is 1.52. The number of hydrogen-bond donors (Lipinski definition) is 5. The lowest BCUT2D eigenvalue weighted by Crippen LogP contribution is -2.26. The van der Waals surface area contributed by atoms with Gasteiger partial charge in [-0.05, 0) is 61.0 Å². The number of benzene rings is 3. The standard InChI is InChI=1S/C25H22F3N5O3/c1-14-5-6-18(31-23(35)15-3-2-4-16(11-15)25(26,27)28)12-20(14)30-17-7-8-19-21(13-17)32-33-22(19)24(36)29-9-10-34/h2-8,11-13,30,34H,9-10H2,1H3,(H,29,36)(H,31,35)(H,32,33). The van der Waals surface area contributed by atoms with Gasteiger partial charge in [0.15, 0.2) is 5.69 Å². The minimum atomic E-state index is -4.54. The molecule has 0 fully saturated rings. The Labute approximate surface area is 203 Å². The molecule has 1 aromatic heterocycles. The molecule has 0 spiro atoms. The van der Waals surface area contributed by atoms with Crippen LogP contribution in [0.3, 0.4) is 0 Å². The summed E-state index contributed by atoms with van der Waals surface area (Å²) in [7, 11) is 0. The van der Waals surface area contributed by atoms with E-state index in [1.807, 2.05) is 6.92 Å². The third-order valence-electron chi connectivity index (χ3n) is 5.40. The van der Waals surface area contributed by atoms with E-state index < -0.39 is 23.6 Å². The molecule has 36 heavy (non-hydrogen) atoms. The van der Waals surface area contributed by atoms with E-state index in [1.165, 1.54) is 12.1 Å². The van der Waals surface area contributed by atoms with Gasteiger partial charge in [-0.25, -0.2) is 0 Å². The predicted octanol–water partition coefficient (Wildman–Crippen LogP) is 4.61. The van der Waals surface area contributed by atoms with Crippen molar-refractivity contribution < 1.29 is 27.9 Å². The van der Waals surface area contributed by atoms with Crippen LogP contribution in [0.15, 0.2) is 60.7 Å². The maximum atomic E-state index is 13.0. The number of nitrogens with zero attached hydrogens (tertiary/aromatic N) is 1. The van der Waals surface area contributed by atoms with Gasteiger partial charge in [0.2, 0.25) is 0 Å². The highest BCUT2D eigenvalue weighted by atomic mass is 19.4. The summed E-state index contributed by atoms with van der Waals surface area (Å²) in [6, 6.07) is 14.6. The fourth-order valence-corrected chi connectivity index (χ4v) is 3.55. The molecule has 5 N–H and O–H groups in total. The Morgan fingerprint density at radius 2 is 1.78 bits per heavy atom. The first-order valence-electron chi connectivity index (χ1n) is 10.9. The van der Waals surface area contributed by atoms with Gasteiger partial charge in [0.1, 0.15) is 0 Å². The molecule has 4 rings (SSSR count). The number of anilines is 3. The minimum Gasteiger partial charge on any atom is -0.395 e. The average molecular weight is 497 g/mol.